The molecule has 1 N–H and O–H groups in total. The Balaban J connectivity index is 2.20. The van der Waals surface area contributed by atoms with E-state index < -0.39 is 0 Å². The minimum Gasteiger partial charge on any atom is -0.493 e. The monoisotopic (exact) mass is 298 g/mol. The van der Waals surface area contributed by atoms with Crippen LogP contribution in [0.25, 0.3) is 0 Å². The lowest BCUT2D eigenvalue weighted by Gasteiger charge is -2.37. The van der Waals surface area contributed by atoms with E-state index in [0.717, 1.165) is 25.2 Å². The fourth-order valence-corrected chi connectivity index (χ4v) is 2.88. The molecule has 1 aromatic rings. The number of nitrogens with zero attached hydrogens (tertiary/aromatic N) is 1. The molecule has 4 nitrogen and oxygen atoms in total. The first kappa shape index (κ1) is 15.4. The Bertz CT molecular complexity index is 467. The minimum absolute atomic E-state index is 0.496. The van der Waals surface area contributed by atoms with Crippen LogP contribution in [0.2, 0.25) is 5.02 Å². The Labute approximate surface area is 126 Å². The maximum absolute atomic E-state index is 6.45. The summed E-state index contributed by atoms with van der Waals surface area (Å²) in [5.74, 6) is 1.28. The van der Waals surface area contributed by atoms with E-state index >= 15 is 0 Å². The molecule has 0 saturated carbocycles. The second-order valence-electron chi connectivity index (χ2n) is 5.36. The molecule has 0 aliphatic carbocycles. The number of ether oxygens (including phenoxy) is 2. The van der Waals surface area contributed by atoms with E-state index in [1.807, 2.05) is 12.1 Å². The molecule has 0 amide bonds. The Hall–Kier alpha value is -0.970. The van der Waals surface area contributed by atoms with Crippen molar-refractivity contribution in [3.8, 4) is 11.5 Å². The van der Waals surface area contributed by atoms with Crippen LogP contribution >= 0.6 is 11.6 Å². The number of benzene rings is 1. The minimum atomic E-state index is 0.496. The number of halogens is 1. The summed E-state index contributed by atoms with van der Waals surface area (Å²) in [6.45, 7) is 7.28. The standard InChI is InChI=1S/C15H23ClN2O2/c1-10-8-18(11(2)7-17-10)9-12-5-6-13(19-3)15(20-4)14(12)16/h5-6,10-11,17H,7-9H2,1-4H3. The predicted octanol–water partition coefficient (Wildman–Crippen LogP) is 2.54. The molecule has 1 saturated heterocycles. The third kappa shape index (κ3) is 3.19. The average molecular weight is 299 g/mol. The van der Waals surface area contributed by atoms with Gasteiger partial charge in [0.1, 0.15) is 0 Å². The zero-order valence-electron chi connectivity index (χ0n) is 12.6. The number of nitrogens with one attached hydrogen (secondary N) is 1. The van der Waals surface area contributed by atoms with Crippen LogP contribution in [0.3, 0.4) is 0 Å². The lowest BCUT2D eigenvalue weighted by molar-refractivity contribution is 0.138. The van der Waals surface area contributed by atoms with Gasteiger partial charge in [-0.05, 0) is 25.5 Å². The van der Waals surface area contributed by atoms with Crippen LogP contribution < -0.4 is 14.8 Å². The maximum atomic E-state index is 6.45. The van der Waals surface area contributed by atoms with Gasteiger partial charge in [-0.25, -0.2) is 0 Å². The van der Waals surface area contributed by atoms with Crippen molar-refractivity contribution in [3.05, 3.63) is 22.7 Å². The van der Waals surface area contributed by atoms with E-state index in [1.165, 1.54) is 0 Å². The molecule has 1 aliphatic rings. The van der Waals surface area contributed by atoms with Gasteiger partial charge < -0.3 is 14.8 Å². The molecule has 0 aromatic heterocycles. The van der Waals surface area contributed by atoms with Crippen LogP contribution in [0, 0.1) is 0 Å². The van der Waals surface area contributed by atoms with Crippen molar-refractivity contribution in [1.29, 1.82) is 0 Å². The largest absolute Gasteiger partial charge is 0.493 e. The van der Waals surface area contributed by atoms with Crippen LogP contribution in [0.1, 0.15) is 19.4 Å². The lowest BCUT2D eigenvalue weighted by Crippen LogP contribution is -2.53. The van der Waals surface area contributed by atoms with Gasteiger partial charge in [0.05, 0.1) is 19.2 Å². The van der Waals surface area contributed by atoms with Crippen LogP contribution in [0.15, 0.2) is 12.1 Å². The SMILES string of the molecule is COc1ccc(CN2CC(C)NCC2C)c(Cl)c1OC. The molecule has 1 aliphatic heterocycles. The summed E-state index contributed by atoms with van der Waals surface area (Å²) < 4.78 is 10.6. The summed E-state index contributed by atoms with van der Waals surface area (Å²) in [6, 6.07) is 4.93. The van der Waals surface area contributed by atoms with Crippen molar-refractivity contribution < 1.29 is 9.47 Å². The molecule has 112 valence electrons. The summed E-state index contributed by atoms with van der Waals surface area (Å²) in [7, 11) is 3.23. The summed E-state index contributed by atoms with van der Waals surface area (Å²) >= 11 is 6.45. The molecule has 1 aromatic carbocycles. The van der Waals surface area contributed by atoms with Gasteiger partial charge >= 0.3 is 0 Å². The molecule has 0 bridgehead atoms. The topological polar surface area (TPSA) is 33.7 Å². The van der Waals surface area contributed by atoms with E-state index in [4.69, 9.17) is 21.1 Å². The molecular formula is C15H23ClN2O2. The van der Waals surface area contributed by atoms with E-state index in [2.05, 4.69) is 24.1 Å². The van der Waals surface area contributed by atoms with Gasteiger partial charge in [-0.2, -0.15) is 0 Å². The number of methoxy groups -OCH3 is 2. The van der Waals surface area contributed by atoms with Crippen molar-refractivity contribution >= 4 is 11.6 Å². The molecular weight excluding hydrogens is 276 g/mol. The highest BCUT2D eigenvalue weighted by molar-refractivity contribution is 6.33. The third-order valence-electron chi connectivity index (χ3n) is 3.83. The highest BCUT2D eigenvalue weighted by atomic mass is 35.5. The number of piperazine rings is 1. The number of rotatable bonds is 4. The van der Waals surface area contributed by atoms with Crippen molar-refractivity contribution in [2.24, 2.45) is 0 Å². The van der Waals surface area contributed by atoms with Gasteiger partial charge in [0, 0.05) is 31.7 Å². The summed E-state index contributed by atoms with van der Waals surface area (Å²) in [5.41, 5.74) is 1.07. The normalized spacial score (nSPS) is 23.6. The first-order valence-electron chi connectivity index (χ1n) is 6.93. The van der Waals surface area contributed by atoms with Gasteiger partial charge in [0.2, 0.25) is 0 Å². The van der Waals surface area contributed by atoms with Gasteiger partial charge in [0.15, 0.2) is 11.5 Å². The van der Waals surface area contributed by atoms with Crippen molar-refractivity contribution in [3.63, 3.8) is 0 Å². The highest BCUT2D eigenvalue weighted by Gasteiger charge is 2.24. The Morgan fingerprint density at radius 2 is 2.05 bits per heavy atom. The highest BCUT2D eigenvalue weighted by Crippen LogP contribution is 2.37. The Morgan fingerprint density at radius 3 is 2.70 bits per heavy atom. The molecule has 1 fully saturated rings. The Kier molecular flexibility index (Phi) is 5.13. The zero-order valence-corrected chi connectivity index (χ0v) is 13.3. The van der Waals surface area contributed by atoms with Gasteiger partial charge in [0.25, 0.3) is 0 Å². The summed E-state index contributed by atoms with van der Waals surface area (Å²) in [4.78, 5) is 2.44. The molecule has 0 spiro atoms. The molecule has 1 heterocycles. The van der Waals surface area contributed by atoms with Gasteiger partial charge in [-0.1, -0.05) is 17.7 Å². The van der Waals surface area contributed by atoms with Crippen molar-refractivity contribution in [2.75, 3.05) is 27.3 Å². The van der Waals surface area contributed by atoms with Gasteiger partial charge in [-0.15, -0.1) is 0 Å². The maximum Gasteiger partial charge on any atom is 0.179 e. The van der Waals surface area contributed by atoms with Crippen LogP contribution in [0.4, 0.5) is 0 Å². The number of hydrogen-bond acceptors (Lipinski definition) is 4. The first-order chi connectivity index (χ1) is 9.56. The van der Waals surface area contributed by atoms with E-state index in [1.54, 1.807) is 14.2 Å². The first-order valence-corrected chi connectivity index (χ1v) is 7.31. The Morgan fingerprint density at radius 1 is 1.30 bits per heavy atom. The quantitative estimate of drug-likeness (QED) is 0.926. The van der Waals surface area contributed by atoms with Crippen molar-refractivity contribution in [2.45, 2.75) is 32.5 Å². The zero-order chi connectivity index (χ0) is 14.7. The van der Waals surface area contributed by atoms with Crippen molar-refractivity contribution in [1.82, 2.24) is 10.2 Å². The summed E-state index contributed by atoms with van der Waals surface area (Å²) in [6.07, 6.45) is 0. The predicted molar refractivity (Wildman–Crippen MR) is 81.9 cm³/mol. The van der Waals surface area contributed by atoms with Crippen LogP contribution in [-0.2, 0) is 6.54 Å². The van der Waals surface area contributed by atoms with Gasteiger partial charge in [-0.3, -0.25) is 4.90 Å². The van der Waals surface area contributed by atoms with E-state index in [9.17, 15) is 0 Å². The fourth-order valence-electron chi connectivity index (χ4n) is 2.59. The molecule has 2 unspecified atom stereocenters. The smallest absolute Gasteiger partial charge is 0.179 e. The molecule has 0 radical (unpaired) electrons. The van der Waals surface area contributed by atoms with Crippen LogP contribution in [-0.4, -0.2) is 44.3 Å². The molecule has 5 heteroatoms. The average Bonchev–Trinajstić information content (AvgIpc) is 2.44. The molecule has 2 rings (SSSR count). The number of hydrogen-bond donors (Lipinski definition) is 1. The second-order valence-corrected chi connectivity index (χ2v) is 5.74. The third-order valence-corrected chi connectivity index (χ3v) is 4.25. The molecule has 2 atom stereocenters. The fraction of sp³-hybridized carbons (Fsp3) is 0.600. The molecule has 20 heavy (non-hydrogen) atoms. The van der Waals surface area contributed by atoms with E-state index in [0.29, 0.717) is 28.6 Å². The van der Waals surface area contributed by atoms with Crippen LogP contribution in [0.5, 0.6) is 11.5 Å². The second kappa shape index (κ2) is 6.66. The van der Waals surface area contributed by atoms with E-state index in [-0.39, 0.29) is 0 Å². The summed E-state index contributed by atoms with van der Waals surface area (Å²) in [5, 5.41) is 4.13. The lowest BCUT2D eigenvalue weighted by atomic mass is 10.1.